The molecular formula is C20H28Cl2FN5O. The summed E-state index contributed by atoms with van der Waals surface area (Å²) < 4.78 is 16.5. The van der Waals surface area contributed by atoms with Gasteiger partial charge in [0.25, 0.3) is 0 Å². The van der Waals surface area contributed by atoms with Gasteiger partial charge in [0, 0.05) is 31.1 Å². The number of rotatable bonds is 4. The molecule has 4 rings (SSSR count). The van der Waals surface area contributed by atoms with Gasteiger partial charge in [0.15, 0.2) is 5.82 Å². The van der Waals surface area contributed by atoms with Gasteiger partial charge in [0.2, 0.25) is 5.91 Å². The van der Waals surface area contributed by atoms with Gasteiger partial charge in [-0.2, -0.15) is 0 Å². The number of carbonyl (C=O) groups is 1. The number of hydrogen-bond acceptors (Lipinski definition) is 4. The summed E-state index contributed by atoms with van der Waals surface area (Å²) in [7, 11) is 0. The molecule has 1 fully saturated rings. The van der Waals surface area contributed by atoms with Crippen molar-refractivity contribution in [1.29, 1.82) is 0 Å². The summed E-state index contributed by atoms with van der Waals surface area (Å²) in [4.78, 5) is 12.4. The molecule has 0 saturated heterocycles. The minimum absolute atomic E-state index is 0. The van der Waals surface area contributed by atoms with E-state index >= 15 is 0 Å². The van der Waals surface area contributed by atoms with Crippen LogP contribution in [0.15, 0.2) is 18.2 Å². The zero-order valence-corrected chi connectivity index (χ0v) is 17.9. The third-order valence-electron chi connectivity index (χ3n) is 5.77. The lowest BCUT2D eigenvalue weighted by Gasteiger charge is -2.15. The van der Waals surface area contributed by atoms with Crippen LogP contribution in [0.25, 0.3) is 11.4 Å². The van der Waals surface area contributed by atoms with E-state index in [0.29, 0.717) is 23.5 Å². The minimum Gasteiger partial charge on any atom is -0.327 e. The van der Waals surface area contributed by atoms with Crippen molar-refractivity contribution in [3.05, 3.63) is 29.8 Å². The fourth-order valence-electron chi connectivity index (χ4n) is 4.23. The zero-order chi connectivity index (χ0) is 18.8. The second-order valence-electron chi connectivity index (χ2n) is 7.70. The molecule has 1 amide bonds. The van der Waals surface area contributed by atoms with Gasteiger partial charge in [0.1, 0.15) is 11.6 Å². The first kappa shape index (κ1) is 23.6. The molecule has 0 unspecified atom stereocenters. The molecule has 0 spiro atoms. The molecule has 0 radical (unpaired) electrons. The first-order valence-electron chi connectivity index (χ1n) is 9.89. The maximum atomic E-state index is 14.5. The van der Waals surface area contributed by atoms with Crippen LogP contribution in [0.2, 0.25) is 0 Å². The molecule has 6 nitrogen and oxygen atoms in total. The Labute approximate surface area is 182 Å². The van der Waals surface area contributed by atoms with Crippen molar-refractivity contribution in [1.82, 2.24) is 14.8 Å². The summed E-state index contributed by atoms with van der Waals surface area (Å²) in [5, 5.41) is 11.4. The first-order chi connectivity index (χ1) is 13.1. The lowest BCUT2D eigenvalue weighted by Crippen LogP contribution is -2.28. The van der Waals surface area contributed by atoms with Crippen LogP contribution < -0.4 is 11.1 Å². The predicted molar refractivity (Wildman–Crippen MR) is 116 cm³/mol. The van der Waals surface area contributed by atoms with Crippen LogP contribution in [-0.4, -0.2) is 26.7 Å². The smallest absolute Gasteiger partial charge is 0.224 e. The van der Waals surface area contributed by atoms with E-state index < -0.39 is 0 Å². The van der Waals surface area contributed by atoms with Gasteiger partial charge in [-0.05, 0) is 49.8 Å². The van der Waals surface area contributed by atoms with Gasteiger partial charge < -0.3 is 15.6 Å². The summed E-state index contributed by atoms with van der Waals surface area (Å²) >= 11 is 0. The molecule has 0 bridgehead atoms. The molecule has 29 heavy (non-hydrogen) atoms. The van der Waals surface area contributed by atoms with E-state index in [1.54, 1.807) is 12.1 Å². The number of hydrogen-bond donors (Lipinski definition) is 2. The number of anilines is 1. The highest BCUT2D eigenvalue weighted by Crippen LogP contribution is 2.29. The standard InChI is InChI=1S/C20H26FN5O.2ClH/c21-16-9-8-14(23-19(27)11-13-5-4-6-17(13)22)12-15(16)20-25-24-18-7-2-1-3-10-26(18)20;;/h8-9,12-13,17H,1-7,10-11,22H2,(H,23,27);2*1H/t13-,17+;;/m0../s1. The van der Waals surface area contributed by atoms with E-state index in [2.05, 4.69) is 15.5 Å². The van der Waals surface area contributed by atoms with Gasteiger partial charge >= 0.3 is 0 Å². The van der Waals surface area contributed by atoms with Crippen molar-refractivity contribution in [2.24, 2.45) is 11.7 Å². The molecule has 9 heteroatoms. The number of carbonyl (C=O) groups excluding carboxylic acids is 1. The number of halogens is 3. The molecule has 2 aromatic rings. The number of aryl methyl sites for hydroxylation is 1. The van der Waals surface area contributed by atoms with Crippen molar-refractivity contribution in [2.45, 2.75) is 64.0 Å². The van der Waals surface area contributed by atoms with E-state index in [0.717, 1.165) is 57.3 Å². The highest BCUT2D eigenvalue weighted by Gasteiger charge is 2.26. The number of benzene rings is 1. The predicted octanol–water partition coefficient (Wildman–Crippen LogP) is 4.11. The van der Waals surface area contributed by atoms with Gasteiger partial charge in [-0.3, -0.25) is 4.79 Å². The van der Waals surface area contributed by atoms with E-state index in [1.165, 1.54) is 6.07 Å². The maximum Gasteiger partial charge on any atom is 0.224 e. The summed E-state index contributed by atoms with van der Waals surface area (Å²) in [5.41, 5.74) is 7.02. The van der Waals surface area contributed by atoms with Gasteiger partial charge in [-0.25, -0.2) is 4.39 Å². The van der Waals surface area contributed by atoms with Crippen LogP contribution in [-0.2, 0) is 17.8 Å². The van der Waals surface area contributed by atoms with Crippen molar-refractivity contribution in [3.63, 3.8) is 0 Å². The third-order valence-corrected chi connectivity index (χ3v) is 5.77. The Morgan fingerprint density at radius 2 is 2.00 bits per heavy atom. The summed E-state index contributed by atoms with van der Waals surface area (Å²) in [6.45, 7) is 0.799. The SMILES string of the molecule is Cl.Cl.N[C@@H]1CCC[C@H]1CC(=O)Nc1ccc(F)c(-c2nnc3n2CCCCC3)c1. The number of aromatic nitrogens is 3. The Morgan fingerprint density at radius 3 is 2.76 bits per heavy atom. The highest BCUT2D eigenvalue weighted by molar-refractivity contribution is 5.91. The van der Waals surface area contributed by atoms with Crippen LogP contribution in [0.3, 0.4) is 0 Å². The van der Waals surface area contributed by atoms with E-state index in [4.69, 9.17) is 5.73 Å². The second kappa shape index (κ2) is 10.4. The molecule has 1 saturated carbocycles. The van der Waals surface area contributed by atoms with E-state index in [9.17, 15) is 9.18 Å². The first-order valence-corrected chi connectivity index (χ1v) is 9.89. The monoisotopic (exact) mass is 443 g/mol. The van der Waals surface area contributed by atoms with Crippen molar-refractivity contribution in [2.75, 3.05) is 5.32 Å². The molecule has 3 N–H and O–H groups in total. The summed E-state index contributed by atoms with van der Waals surface area (Å²) in [6, 6.07) is 4.73. The largest absolute Gasteiger partial charge is 0.327 e. The van der Waals surface area contributed by atoms with E-state index in [1.807, 2.05) is 4.57 Å². The molecule has 1 aliphatic carbocycles. The quantitative estimate of drug-likeness (QED) is 0.743. The fourth-order valence-corrected chi connectivity index (χ4v) is 4.23. The number of fused-ring (bicyclic) bond motifs is 1. The number of nitrogens with one attached hydrogen (secondary N) is 1. The molecular weight excluding hydrogens is 416 g/mol. The number of nitrogens with zero attached hydrogens (tertiary/aromatic N) is 3. The molecule has 1 aromatic heterocycles. The van der Waals surface area contributed by atoms with Crippen molar-refractivity contribution in [3.8, 4) is 11.4 Å². The Kier molecular flexibility index (Phi) is 8.43. The van der Waals surface area contributed by atoms with Crippen LogP contribution in [0.5, 0.6) is 0 Å². The van der Waals surface area contributed by atoms with Crippen LogP contribution in [0.1, 0.15) is 50.8 Å². The molecule has 160 valence electrons. The number of amides is 1. The minimum atomic E-state index is -0.356. The third kappa shape index (κ3) is 5.27. The van der Waals surface area contributed by atoms with Crippen LogP contribution in [0.4, 0.5) is 10.1 Å². The molecule has 2 atom stereocenters. The lowest BCUT2D eigenvalue weighted by molar-refractivity contribution is -0.117. The molecule has 1 aliphatic heterocycles. The maximum absolute atomic E-state index is 14.5. The molecule has 2 aliphatic rings. The molecule has 1 aromatic carbocycles. The Bertz CT molecular complexity index is 844. The fraction of sp³-hybridized carbons (Fsp3) is 0.550. The average Bonchev–Trinajstić information content (AvgIpc) is 3.15. The molecule has 2 heterocycles. The normalized spacial score (nSPS) is 20.8. The average molecular weight is 444 g/mol. The van der Waals surface area contributed by atoms with Crippen LogP contribution >= 0.6 is 24.8 Å². The van der Waals surface area contributed by atoms with Gasteiger partial charge in [0.05, 0.1) is 5.56 Å². The lowest BCUT2D eigenvalue weighted by atomic mass is 10.00. The number of nitrogens with two attached hydrogens (primary N) is 1. The Balaban J connectivity index is 0.00000150. The highest BCUT2D eigenvalue weighted by atomic mass is 35.5. The van der Waals surface area contributed by atoms with E-state index in [-0.39, 0.29) is 48.5 Å². The van der Waals surface area contributed by atoms with Crippen molar-refractivity contribution >= 4 is 36.4 Å². The second-order valence-corrected chi connectivity index (χ2v) is 7.70. The summed E-state index contributed by atoms with van der Waals surface area (Å²) in [6.07, 6.45) is 7.60. The Morgan fingerprint density at radius 1 is 1.17 bits per heavy atom. The summed E-state index contributed by atoms with van der Waals surface area (Å²) in [5.74, 6) is 1.25. The van der Waals surface area contributed by atoms with Crippen LogP contribution in [0, 0.1) is 11.7 Å². The van der Waals surface area contributed by atoms with Crippen molar-refractivity contribution < 1.29 is 9.18 Å². The topological polar surface area (TPSA) is 85.8 Å². The van der Waals surface area contributed by atoms with Gasteiger partial charge in [-0.1, -0.05) is 12.8 Å². The Hall–Kier alpha value is -1.70. The zero-order valence-electron chi connectivity index (χ0n) is 16.3. The van der Waals surface area contributed by atoms with Gasteiger partial charge in [-0.15, -0.1) is 35.0 Å².